The molecule has 5 nitrogen and oxygen atoms in total. The van der Waals surface area contributed by atoms with Crippen LogP contribution in [0, 0.1) is 6.92 Å². The molecule has 1 unspecified atom stereocenters. The second kappa shape index (κ2) is 5.25. The maximum Gasteiger partial charge on any atom is 0.328 e. The molecule has 0 radical (unpaired) electrons. The first-order valence-electron chi connectivity index (χ1n) is 6.07. The summed E-state index contributed by atoms with van der Waals surface area (Å²) < 4.78 is 9.89. The number of piperidine rings is 1. The van der Waals surface area contributed by atoms with Crippen LogP contribution in [0.5, 0.6) is 0 Å². The Morgan fingerprint density at radius 3 is 2.83 bits per heavy atom. The second-order valence-electron chi connectivity index (χ2n) is 4.48. The van der Waals surface area contributed by atoms with E-state index in [1.54, 1.807) is 17.9 Å². The third-order valence-electron chi connectivity index (χ3n) is 3.21. The van der Waals surface area contributed by atoms with Gasteiger partial charge < -0.3 is 14.1 Å². The van der Waals surface area contributed by atoms with E-state index in [-0.39, 0.29) is 11.9 Å². The number of methoxy groups -OCH3 is 1. The molecular weight excluding hydrogens is 234 g/mol. The fourth-order valence-electron chi connectivity index (χ4n) is 2.28. The number of aryl methyl sites for hydroxylation is 1. The van der Waals surface area contributed by atoms with Crippen molar-refractivity contribution in [2.75, 3.05) is 13.7 Å². The minimum Gasteiger partial charge on any atom is -0.469 e. The van der Waals surface area contributed by atoms with Crippen LogP contribution in [0.25, 0.3) is 0 Å². The number of ether oxygens (including phenoxy) is 1. The van der Waals surface area contributed by atoms with Crippen LogP contribution in [0.1, 0.15) is 35.4 Å². The number of carbonyl (C=O) groups excluding carboxylic acids is 2. The number of hydrogen-bond donors (Lipinski definition) is 0. The van der Waals surface area contributed by atoms with Gasteiger partial charge in [0.05, 0.1) is 12.7 Å². The van der Waals surface area contributed by atoms with Crippen LogP contribution in [0.15, 0.2) is 16.7 Å². The summed E-state index contributed by atoms with van der Waals surface area (Å²) in [7, 11) is 1.35. The first-order chi connectivity index (χ1) is 8.63. The van der Waals surface area contributed by atoms with E-state index < -0.39 is 6.04 Å². The van der Waals surface area contributed by atoms with Crippen molar-refractivity contribution in [3.63, 3.8) is 0 Å². The Balaban J connectivity index is 2.18. The largest absolute Gasteiger partial charge is 0.469 e. The third kappa shape index (κ3) is 2.39. The lowest BCUT2D eigenvalue weighted by atomic mass is 10.0. The van der Waals surface area contributed by atoms with Crippen LogP contribution in [-0.2, 0) is 9.53 Å². The van der Waals surface area contributed by atoms with Gasteiger partial charge in [0.25, 0.3) is 5.91 Å². The van der Waals surface area contributed by atoms with Crippen molar-refractivity contribution in [2.24, 2.45) is 0 Å². The van der Waals surface area contributed by atoms with Gasteiger partial charge in [-0.15, -0.1) is 0 Å². The standard InChI is InChI=1S/C13H17NO4/c1-9-7-10(8-18-9)12(15)14-6-4-3-5-11(14)13(16)17-2/h7-8,11H,3-6H2,1-2H3. The Morgan fingerprint density at radius 1 is 1.44 bits per heavy atom. The highest BCUT2D eigenvalue weighted by Crippen LogP contribution is 2.21. The zero-order valence-corrected chi connectivity index (χ0v) is 10.6. The van der Waals surface area contributed by atoms with E-state index in [0.29, 0.717) is 24.3 Å². The molecule has 1 atom stereocenters. The number of furan rings is 1. The van der Waals surface area contributed by atoms with Gasteiger partial charge in [0.15, 0.2) is 0 Å². The minimum atomic E-state index is -0.466. The molecule has 1 aliphatic heterocycles. The molecular formula is C13H17NO4. The van der Waals surface area contributed by atoms with Gasteiger partial charge in [-0.2, -0.15) is 0 Å². The van der Waals surface area contributed by atoms with E-state index in [1.165, 1.54) is 13.4 Å². The molecule has 1 saturated heterocycles. The SMILES string of the molecule is COC(=O)C1CCCCN1C(=O)c1coc(C)c1. The highest BCUT2D eigenvalue weighted by atomic mass is 16.5. The van der Waals surface area contributed by atoms with E-state index in [2.05, 4.69) is 0 Å². The second-order valence-corrected chi connectivity index (χ2v) is 4.48. The molecule has 1 fully saturated rings. The molecule has 5 heteroatoms. The van der Waals surface area contributed by atoms with Gasteiger partial charge in [-0.05, 0) is 32.3 Å². The lowest BCUT2D eigenvalue weighted by molar-refractivity contribution is -0.147. The number of likely N-dealkylation sites (tertiary alicyclic amines) is 1. The van der Waals surface area contributed by atoms with E-state index >= 15 is 0 Å². The van der Waals surface area contributed by atoms with E-state index in [1.807, 2.05) is 0 Å². The average molecular weight is 251 g/mol. The van der Waals surface area contributed by atoms with E-state index in [4.69, 9.17) is 9.15 Å². The molecule has 0 bridgehead atoms. The summed E-state index contributed by atoms with van der Waals surface area (Å²) in [6.07, 6.45) is 3.94. The summed E-state index contributed by atoms with van der Waals surface area (Å²) >= 11 is 0. The third-order valence-corrected chi connectivity index (χ3v) is 3.21. The first kappa shape index (κ1) is 12.7. The van der Waals surface area contributed by atoms with Crippen LogP contribution in [-0.4, -0.2) is 36.5 Å². The van der Waals surface area contributed by atoms with Crippen molar-refractivity contribution < 1.29 is 18.7 Å². The maximum atomic E-state index is 12.3. The molecule has 0 aromatic carbocycles. The Morgan fingerprint density at radius 2 is 2.22 bits per heavy atom. The molecule has 1 amide bonds. The zero-order chi connectivity index (χ0) is 13.1. The smallest absolute Gasteiger partial charge is 0.328 e. The molecule has 1 aromatic rings. The number of esters is 1. The van der Waals surface area contributed by atoms with E-state index in [9.17, 15) is 9.59 Å². The average Bonchev–Trinajstić information content (AvgIpc) is 2.83. The molecule has 0 spiro atoms. The molecule has 1 aliphatic rings. The summed E-state index contributed by atoms with van der Waals surface area (Å²) in [5.74, 6) is 0.176. The summed E-state index contributed by atoms with van der Waals surface area (Å²) in [6.45, 7) is 2.37. The fraction of sp³-hybridized carbons (Fsp3) is 0.538. The monoisotopic (exact) mass is 251 g/mol. The van der Waals surface area contributed by atoms with E-state index in [0.717, 1.165) is 12.8 Å². The van der Waals surface area contributed by atoms with Gasteiger partial charge >= 0.3 is 5.97 Å². The number of rotatable bonds is 2. The van der Waals surface area contributed by atoms with Crippen LogP contribution >= 0.6 is 0 Å². The fourth-order valence-corrected chi connectivity index (χ4v) is 2.28. The topological polar surface area (TPSA) is 59.8 Å². The lowest BCUT2D eigenvalue weighted by Gasteiger charge is -2.33. The molecule has 98 valence electrons. The summed E-state index contributed by atoms with van der Waals surface area (Å²) in [5, 5.41) is 0. The number of nitrogens with zero attached hydrogens (tertiary/aromatic N) is 1. The predicted octanol–water partition coefficient (Wildman–Crippen LogP) is 1.76. The highest BCUT2D eigenvalue weighted by Gasteiger charge is 2.33. The van der Waals surface area contributed by atoms with Gasteiger partial charge in [-0.25, -0.2) is 4.79 Å². The normalized spacial score (nSPS) is 19.7. The van der Waals surface area contributed by atoms with Crippen molar-refractivity contribution in [3.8, 4) is 0 Å². The molecule has 0 saturated carbocycles. The van der Waals surface area contributed by atoms with Gasteiger partial charge in [-0.1, -0.05) is 0 Å². The highest BCUT2D eigenvalue weighted by molar-refractivity contribution is 5.96. The van der Waals surface area contributed by atoms with Crippen LogP contribution < -0.4 is 0 Å². The number of amides is 1. The predicted molar refractivity (Wildman–Crippen MR) is 64.1 cm³/mol. The van der Waals surface area contributed by atoms with Crippen molar-refractivity contribution in [2.45, 2.75) is 32.2 Å². The van der Waals surface area contributed by atoms with Gasteiger partial charge in [0.1, 0.15) is 18.1 Å². The molecule has 0 N–H and O–H groups in total. The molecule has 1 aromatic heterocycles. The van der Waals surface area contributed by atoms with Crippen molar-refractivity contribution in [1.29, 1.82) is 0 Å². The molecule has 2 rings (SSSR count). The van der Waals surface area contributed by atoms with Crippen LogP contribution in [0.4, 0.5) is 0 Å². The van der Waals surface area contributed by atoms with Gasteiger partial charge in [0, 0.05) is 6.54 Å². The van der Waals surface area contributed by atoms with Crippen molar-refractivity contribution in [3.05, 3.63) is 23.7 Å². The number of hydrogen-bond acceptors (Lipinski definition) is 4. The summed E-state index contributed by atoms with van der Waals surface area (Å²) in [6, 6.07) is 1.22. The quantitative estimate of drug-likeness (QED) is 0.751. The molecule has 18 heavy (non-hydrogen) atoms. The lowest BCUT2D eigenvalue weighted by Crippen LogP contribution is -2.48. The Labute approximate surface area is 106 Å². The van der Waals surface area contributed by atoms with Crippen LogP contribution in [0.2, 0.25) is 0 Å². The maximum absolute atomic E-state index is 12.3. The van der Waals surface area contributed by atoms with Gasteiger partial charge in [0.2, 0.25) is 0 Å². The van der Waals surface area contributed by atoms with Crippen molar-refractivity contribution >= 4 is 11.9 Å². The summed E-state index contributed by atoms with van der Waals surface area (Å²) in [5.41, 5.74) is 0.489. The summed E-state index contributed by atoms with van der Waals surface area (Å²) in [4.78, 5) is 25.6. The minimum absolute atomic E-state index is 0.165. The zero-order valence-electron chi connectivity index (χ0n) is 10.6. The molecule has 0 aliphatic carbocycles. The van der Waals surface area contributed by atoms with Gasteiger partial charge in [-0.3, -0.25) is 4.79 Å². The number of carbonyl (C=O) groups is 2. The molecule has 2 heterocycles. The first-order valence-corrected chi connectivity index (χ1v) is 6.07. The Hall–Kier alpha value is -1.78. The van der Waals surface area contributed by atoms with Crippen molar-refractivity contribution in [1.82, 2.24) is 4.90 Å². The Kier molecular flexibility index (Phi) is 3.69. The van der Waals surface area contributed by atoms with Crippen LogP contribution in [0.3, 0.4) is 0 Å². The Bertz CT molecular complexity index is 452.